The third-order valence-electron chi connectivity index (χ3n) is 2.94. The van der Waals surface area contributed by atoms with E-state index in [0.29, 0.717) is 0 Å². The summed E-state index contributed by atoms with van der Waals surface area (Å²) in [5, 5.41) is 0. The van der Waals surface area contributed by atoms with Crippen molar-refractivity contribution in [3.8, 4) is 0 Å². The van der Waals surface area contributed by atoms with Crippen LogP contribution in [-0.2, 0) is 0 Å². The predicted molar refractivity (Wildman–Crippen MR) is 56.3 cm³/mol. The maximum atomic E-state index is 6.18. The molecule has 12 heavy (non-hydrogen) atoms. The number of hydrogen-bond donors (Lipinski definition) is 1. The summed E-state index contributed by atoms with van der Waals surface area (Å²) in [6, 6.07) is 0. The summed E-state index contributed by atoms with van der Waals surface area (Å²) >= 11 is 0. The van der Waals surface area contributed by atoms with E-state index in [2.05, 4.69) is 20.8 Å². The second-order valence-corrected chi connectivity index (χ2v) is 3.88. The van der Waals surface area contributed by atoms with Crippen LogP contribution in [0.25, 0.3) is 0 Å². The Kier molecular flexibility index (Phi) is 6.45. The van der Waals surface area contributed by atoms with Gasteiger partial charge in [-0.2, -0.15) is 0 Å². The van der Waals surface area contributed by atoms with Gasteiger partial charge in [-0.25, -0.2) is 0 Å². The van der Waals surface area contributed by atoms with Crippen molar-refractivity contribution in [3.05, 3.63) is 0 Å². The highest BCUT2D eigenvalue weighted by molar-refractivity contribution is 4.80. The van der Waals surface area contributed by atoms with Crippen molar-refractivity contribution in [2.75, 3.05) is 0 Å². The molecular weight excluding hydrogens is 146 g/mol. The van der Waals surface area contributed by atoms with E-state index in [9.17, 15) is 0 Å². The van der Waals surface area contributed by atoms with Gasteiger partial charge >= 0.3 is 0 Å². The van der Waals surface area contributed by atoms with Crippen LogP contribution in [0.1, 0.15) is 65.7 Å². The van der Waals surface area contributed by atoms with Gasteiger partial charge in [-0.1, -0.05) is 46.5 Å². The molecule has 0 rings (SSSR count). The van der Waals surface area contributed by atoms with Crippen LogP contribution in [0.5, 0.6) is 0 Å². The molecule has 0 aromatic rings. The molecule has 0 spiro atoms. The molecule has 0 fully saturated rings. The number of unbranched alkanes of at least 4 members (excludes halogenated alkanes) is 3. The highest BCUT2D eigenvalue weighted by Gasteiger charge is 2.18. The lowest BCUT2D eigenvalue weighted by atomic mass is 9.88. The largest absolute Gasteiger partial charge is 0.325 e. The SMILES string of the molecule is CCCCCCC(N)(CC)CC. The molecule has 0 saturated carbocycles. The number of rotatable bonds is 7. The zero-order valence-electron chi connectivity index (χ0n) is 9.03. The van der Waals surface area contributed by atoms with Crippen molar-refractivity contribution in [2.24, 2.45) is 5.73 Å². The van der Waals surface area contributed by atoms with Gasteiger partial charge in [0.15, 0.2) is 0 Å². The Morgan fingerprint density at radius 1 is 0.917 bits per heavy atom. The minimum atomic E-state index is 0.133. The van der Waals surface area contributed by atoms with Gasteiger partial charge in [0.1, 0.15) is 0 Å². The Balaban J connectivity index is 3.45. The summed E-state index contributed by atoms with van der Waals surface area (Å²) in [6.45, 7) is 6.64. The maximum absolute atomic E-state index is 6.18. The van der Waals surface area contributed by atoms with Gasteiger partial charge in [0.05, 0.1) is 0 Å². The van der Waals surface area contributed by atoms with E-state index in [1.54, 1.807) is 0 Å². The van der Waals surface area contributed by atoms with Gasteiger partial charge in [-0.3, -0.25) is 0 Å². The first-order valence-corrected chi connectivity index (χ1v) is 5.47. The third-order valence-corrected chi connectivity index (χ3v) is 2.94. The second kappa shape index (κ2) is 6.47. The van der Waals surface area contributed by atoms with Crippen molar-refractivity contribution in [1.82, 2.24) is 0 Å². The molecule has 0 amide bonds. The van der Waals surface area contributed by atoms with Crippen molar-refractivity contribution in [1.29, 1.82) is 0 Å². The third kappa shape index (κ3) is 4.76. The fourth-order valence-corrected chi connectivity index (χ4v) is 1.51. The lowest BCUT2D eigenvalue weighted by molar-refractivity contribution is 0.351. The zero-order valence-corrected chi connectivity index (χ0v) is 9.03. The Morgan fingerprint density at radius 2 is 1.50 bits per heavy atom. The van der Waals surface area contributed by atoms with Gasteiger partial charge < -0.3 is 5.73 Å². The molecule has 0 unspecified atom stereocenters. The summed E-state index contributed by atoms with van der Waals surface area (Å²) in [7, 11) is 0. The van der Waals surface area contributed by atoms with Crippen molar-refractivity contribution >= 4 is 0 Å². The van der Waals surface area contributed by atoms with Gasteiger partial charge in [0.2, 0.25) is 0 Å². The highest BCUT2D eigenvalue weighted by Crippen LogP contribution is 2.19. The van der Waals surface area contributed by atoms with E-state index in [4.69, 9.17) is 5.73 Å². The Morgan fingerprint density at radius 3 is 1.92 bits per heavy atom. The Bertz CT molecular complexity index is 95.2. The van der Waals surface area contributed by atoms with E-state index in [-0.39, 0.29) is 5.54 Å². The van der Waals surface area contributed by atoms with Crippen molar-refractivity contribution in [2.45, 2.75) is 71.3 Å². The van der Waals surface area contributed by atoms with Crippen molar-refractivity contribution < 1.29 is 0 Å². The Labute approximate surface area is 77.7 Å². The molecular formula is C11H25N. The van der Waals surface area contributed by atoms with Crippen LogP contribution in [-0.4, -0.2) is 5.54 Å². The van der Waals surface area contributed by atoms with Gasteiger partial charge in [-0.15, -0.1) is 0 Å². The molecule has 74 valence electrons. The van der Waals surface area contributed by atoms with E-state index in [1.807, 2.05) is 0 Å². The van der Waals surface area contributed by atoms with E-state index >= 15 is 0 Å². The summed E-state index contributed by atoms with van der Waals surface area (Å²) in [5.41, 5.74) is 6.31. The molecule has 0 radical (unpaired) electrons. The predicted octanol–water partition coefficient (Wildman–Crippen LogP) is 3.47. The lowest BCUT2D eigenvalue weighted by Crippen LogP contribution is -2.38. The van der Waals surface area contributed by atoms with E-state index in [0.717, 1.165) is 12.8 Å². The monoisotopic (exact) mass is 171 g/mol. The molecule has 0 aliphatic heterocycles. The molecule has 1 nitrogen and oxygen atoms in total. The van der Waals surface area contributed by atoms with Gasteiger partial charge in [0, 0.05) is 5.54 Å². The molecule has 0 aromatic carbocycles. The first-order chi connectivity index (χ1) is 5.68. The summed E-state index contributed by atoms with van der Waals surface area (Å²) in [4.78, 5) is 0. The topological polar surface area (TPSA) is 26.0 Å². The minimum Gasteiger partial charge on any atom is -0.325 e. The van der Waals surface area contributed by atoms with Gasteiger partial charge in [0.25, 0.3) is 0 Å². The quantitative estimate of drug-likeness (QED) is 0.583. The van der Waals surface area contributed by atoms with E-state index < -0.39 is 0 Å². The minimum absolute atomic E-state index is 0.133. The second-order valence-electron chi connectivity index (χ2n) is 3.88. The molecule has 0 aromatic heterocycles. The molecule has 0 atom stereocenters. The smallest absolute Gasteiger partial charge is 0.0149 e. The molecule has 1 heteroatoms. The van der Waals surface area contributed by atoms with Crippen LogP contribution in [0.3, 0.4) is 0 Å². The molecule has 0 aliphatic carbocycles. The standard InChI is InChI=1S/C11H25N/c1-4-7-8-9-10-11(12,5-2)6-3/h4-10,12H2,1-3H3. The highest BCUT2D eigenvalue weighted by atomic mass is 14.7. The summed E-state index contributed by atoms with van der Waals surface area (Å²) < 4.78 is 0. The Hall–Kier alpha value is -0.0400. The summed E-state index contributed by atoms with van der Waals surface area (Å²) in [6.07, 6.45) is 8.80. The maximum Gasteiger partial charge on any atom is 0.0149 e. The van der Waals surface area contributed by atoms with Crippen LogP contribution in [0, 0.1) is 0 Å². The first-order valence-electron chi connectivity index (χ1n) is 5.47. The van der Waals surface area contributed by atoms with Crippen LogP contribution in [0.2, 0.25) is 0 Å². The summed E-state index contributed by atoms with van der Waals surface area (Å²) in [5.74, 6) is 0. The molecule has 0 saturated heterocycles. The average Bonchev–Trinajstić information content (AvgIpc) is 2.12. The molecule has 2 N–H and O–H groups in total. The first kappa shape index (κ1) is 12.0. The van der Waals surface area contributed by atoms with E-state index in [1.165, 1.54) is 32.1 Å². The van der Waals surface area contributed by atoms with Crippen LogP contribution in [0.15, 0.2) is 0 Å². The number of nitrogens with two attached hydrogens (primary N) is 1. The zero-order chi connectivity index (χ0) is 9.45. The van der Waals surface area contributed by atoms with Gasteiger partial charge in [-0.05, 0) is 19.3 Å². The molecule has 0 heterocycles. The van der Waals surface area contributed by atoms with Crippen LogP contribution in [0.4, 0.5) is 0 Å². The fourth-order valence-electron chi connectivity index (χ4n) is 1.51. The van der Waals surface area contributed by atoms with Crippen LogP contribution >= 0.6 is 0 Å². The lowest BCUT2D eigenvalue weighted by Gasteiger charge is -2.26. The normalized spacial score (nSPS) is 12.0. The number of hydrogen-bond acceptors (Lipinski definition) is 1. The van der Waals surface area contributed by atoms with Crippen molar-refractivity contribution in [3.63, 3.8) is 0 Å². The fraction of sp³-hybridized carbons (Fsp3) is 1.00. The molecule has 0 bridgehead atoms. The van der Waals surface area contributed by atoms with Crippen LogP contribution < -0.4 is 5.73 Å². The average molecular weight is 171 g/mol. The molecule has 0 aliphatic rings.